The summed E-state index contributed by atoms with van der Waals surface area (Å²) in [7, 11) is 0. The summed E-state index contributed by atoms with van der Waals surface area (Å²) >= 11 is 9.15. The zero-order valence-corrected chi connectivity index (χ0v) is 15.2. The molecule has 1 N–H and O–H groups in total. The minimum atomic E-state index is 0.298. The molecule has 0 unspecified atom stereocenters. The van der Waals surface area contributed by atoms with Gasteiger partial charge in [0, 0.05) is 11.1 Å². The lowest BCUT2D eigenvalue weighted by Gasteiger charge is -2.56. The van der Waals surface area contributed by atoms with Crippen LogP contribution in [0, 0.1) is 22.4 Å². The van der Waals surface area contributed by atoms with Crippen molar-refractivity contribution < 1.29 is 0 Å². The predicted octanol–water partition coefficient (Wildman–Crippen LogP) is 5.49. The van der Waals surface area contributed by atoms with Crippen LogP contribution in [0.4, 0.5) is 0 Å². The Morgan fingerprint density at radius 3 is 2.14 bits per heavy atom. The molecule has 4 heteroatoms. The molecule has 0 aliphatic heterocycles. The van der Waals surface area contributed by atoms with Crippen LogP contribution in [0.3, 0.4) is 0 Å². The Balaban J connectivity index is 1.81. The molecule has 2 nitrogen and oxygen atoms in total. The number of hydrogen-bond donors (Lipinski definition) is 1. The van der Waals surface area contributed by atoms with Crippen LogP contribution < -0.4 is 0 Å². The highest BCUT2D eigenvalue weighted by Crippen LogP contribution is 2.60. The van der Waals surface area contributed by atoms with E-state index in [0.717, 1.165) is 26.9 Å². The fourth-order valence-corrected chi connectivity index (χ4v) is 6.37. The SMILES string of the molecule is CC(C)c1[nH]c(C23CC4CC(CC(C4)C2)C3)nc(=S)c1Br. The van der Waals surface area contributed by atoms with Gasteiger partial charge in [-0.15, -0.1) is 0 Å². The summed E-state index contributed by atoms with van der Waals surface area (Å²) in [6.07, 6.45) is 8.39. The van der Waals surface area contributed by atoms with Gasteiger partial charge in [0.25, 0.3) is 0 Å². The number of H-pyrrole nitrogens is 1. The number of rotatable bonds is 2. The summed E-state index contributed by atoms with van der Waals surface area (Å²) in [5.74, 6) is 4.44. The molecule has 1 aromatic rings. The fraction of sp³-hybridized carbons (Fsp3) is 0.765. The van der Waals surface area contributed by atoms with Gasteiger partial charge in [0.2, 0.25) is 0 Å². The normalized spacial score (nSPS) is 37.4. The van der Waals surface area contributed by atoms with E-state index in [4.69, 9.17) is 17.2 Å². The number of nitrogens with zero attached hydrogens (tertiary/aromatic N) is 1. The molecular formula is C17H23BrN2S. The molecular weight excluding hydrogens is 344 g/mol. The Bertz CT molecular complexity index is 599. The molecule has 0 atom stereocenters. The first-order valence-corrected chi connectivity index (χ1v) is 9.47. The Hall–Kier alpha value is -0.220. The van der Waals surface area contributed by atoms with E-state index < -0.39 is 0 Å². The minimum absolute atomic E-state index is 0.298. The van der Waals surface area contributed by atoms with Crippen molar-refractivity contribution in [2.45, 2.75) is 63.7 Å². The van der Waals surface area contributed by atoms with Crippen LogP contribution in [0.5, 0.6) is 0 Å². The highest BCUT2D eigenvalue weighted by atomic mass is 79.9. The first-order chi connectivity index (χ1) is 9.97. The molecule has 4 fully saturated rings. The lowest BCUT2D eigenvalue weighted by molar-refractivity contribution is -0.00958. The second-order valence-corrected chi connectivity index (χ2v) is 9.15. The first-order valence-electron chi connectivity index (χ1n) is 8.27. The average Bonchev–Trinajstić information content (AvgIpc) is 2.39. The van der Waals surface area contributed by atoms with Gasteiger partial charge in [0.05, 0.1) is 4.47 Å². The summed E-state index contributed by atoms with van der Waals surface area (Å²) < 4.78 is 1.73. The van der Waals surface area contributed by atoms with Crippen molar-refractivity contribution in [3.8, 4) is 0 Å². The molecule has 1 aromatic heterocycles. The van der Waals surface area contributed by atoms with Crippen molar-refractivity contribution in [2.24, 2.45) is 17.8 Å². The van der Waals surface area contributed by atoms with Gasteiger partial charge in [-0.05, 0) is 78.1 Å². The maximum atomic E-state index is 5.52. The minimum Gasteiger partial charge on any atom is -0.345 e. The van der Waals surface area contributed by atoms with E-state index in [0.29, 0.717) is 11.3 Å². The van der Waals surface area contributed by atoms with Crippen LogP contribution in [0.2, 0.25) is 0 Å². The molecule has 4 aliphatic rings. The van der Waals surface area contributed by atoms with Crippen molar-refractivity contribution in [3.05, 3.63) is 20.6 Å². The van der Waals surface area contributed by atoms with E-state index in [2.05, 4.69) is 34.8 Å². The highest BCUT2D eigenvalue weighted by Gasteiger charge is 2.53. The van der Waals surface area contributed by atoms with E-state index in [1.165, 1.54) is 50.0 Å². The van der Waals surface area contributed by atoms with Gasteiger partial charge in [-0.1, -0.05) is 26.1 Å². The second kappa shape index (κ2) is 4.89. The summed E-state index contributed by atoms with van der Waals surface area (Å²) in [4.78, 5) is 8.50. The van der Waals surface area contributed by atoms with Crippen LogP contribution >= 0.6 is 28.1 Å². The number of aromatic nitrogens is 2. The van der Waals surface area contributed by atoms with Crippen molar-refractivity contribution in [3.63, 3.8) is 0 Å². The predicted molar refractivity (Wildman–Crippen MR) is 91.1 cm³/mol. The largest absolute Gasteiger partial charge is 0.345 e. The van der Waals surface area contributed by atoms with E-state index in [9.17, 15) is 0 Å². The molecule has 4 bridgehead atoms. The Morgan fingerprint density at radius 2 is 1.67 bits per heavy atom. The summed E-state index contributed by atoms with van der Waals surface area (Å²) in [6, 6.07) is 0. The number of halogens is 1. The van der Waals surface area contributed by atoms with Crippen molar-refractivity contribution in [2.75, 3.05) is 0 Å². The highest BCUT2D eigenvalue weighted by molar-refractivity contribution is 9.10. The molecule has 4 saturated carbocycles. The third-order valence-corrected chi connectivity index (χ3v) is 7.37. The maximum Gasteiger partial charge on any atom is 0.144 e. The van der Waals surface area contributed by atoms with Gasteiger partial charge >= 0.3 is 0 Å². The third kappa shape index (κ3) is 2.24. The van der Waals surface area contributed by atoms with Crippen LogP contribution in [-0.2, 0) is 5.41 Å². The van der Waals surface area contributed by atoms with Crippen molar-refractivity contribution >= 4 is 28.1 Å². The van der Waals surface area contributed by atoms with Crippen LogP contribution in [-0.4, -0.2) is 9.97 Å². The molecule has 0 aromatic carbocycles. The molecule has 5 rings (SSSR count). The second-order valence-electron chi connectivity index (χ2n) is 7.97. The smallest absolute Gasteiger partial charge is 0.144 e. The quantitative estimate of drug-likeness (QED) is 0.700. The molecule has 0 radical (unpaired) electrons. The van der Waals surface area contributed by atoms with Gasteiger partial charge in [-0.3, -0.25) is 0 Å². The van der Waals surface area contributed by atoms with Crippen LogP contribution in [0.25, 0.3) is 0 Å². The van der Waals surface area contributed by atoms with Gasteiger partial charge in [-0.25, -0.2) is 4.98 Å². The van der Waals surface area contributed by atoms with Crippen LogP contribution in [0.15, 0.2) is 4.47 Å². The average molecular weight is 367 g/mol. The van der Waals surface area contributed by atoms with Crippen LogP contribution in [0.1, 0.15) is 69.8 Å². The number of aromatic amines is 1. The Labute approximate surface area is 140 Å². The summed E-state index contributed by atoms with van der Waals surface area (Å²) in [5, 5.41) is 0. The monoisotopic (exact) mass is 366 g/mol. The maximum absolute atomic E-state index is 5.52. The third-order valence-electron chi connectivity index (χ3n) is 6.01. The van der Waals surface area contributed by atoms with Gasteiger partial charge in [0.15, 0.2) is 0 Å². The Kier molecular flexibility index (Phi) is 3.35. The zero-order chi connectivity index (χ0) is 14.8. The van der Waals surface area contributed by atoms with Gasteiger partial charge in [0.1, 0.15) is 10.5 Å². The number of nitrogens with one attached hydrogen (secondary N) is 1. The molecule has 1 heterocycles. The van der Waals surface area contributed by atoms with Gasteiger partial charge < -0.3 is 4.98 Å². The first kappa shape index (κ1) is 14.4. The van der Waals surface area contributed by atoms with E-state index >= 15 is 0 Å². The lowest BCUT2D eigenvalue weighted by atomic mass is 9.49. The van der Waals surface area contributed by atoms with Crippen molar-refractivity contribution in [1.29, 1.82) is 0 Å². The molecule has 0 saturated heterocycles. The van der Waals surface area contributed by atoms with Gasteiger partial charge in [-0.2, -0.15) is 0 Å². The van der Waals surface area contributed by atoms with E-state index in [1.807, 2.05) is 0 Å². The van der Waals surface area contributed by atoms with Crippen molar-refractivity contribution in [1.82, 2.24) is 9.97 Å². The molecule has 114 valence electrons. The number of hydrogen-bond acceptors (Lipinski definition) is 2. The molecule has 4 aliphatic carbocycles. The lowest BCUT2D eigenvalue weighted by Crippen LogP contribution is -2.49. The molecule has 0 spiro atoms. The zero-order valence-electron chi connectivity index (χ0n) is 12.8. The Morgan fingerprint density at radius 1 is 1.14 bits per heavy atom. The fourth-order valence-electron chi connectivity index (χ4n) is 5.53. The summed E-state index contributed by atoms with van der Waals surface area (Å²) in [5.41, 5.74) is 1.52. The molecule has 21 heavy (non-hydrogen) atoms. The molecule has 0 amide bonds. The standard InChI is InChI=1S/C17H23BrN2S/c1-9(2)14-13(18)15(21)20-16(19-14)17-6-10-3-11(7-17)5-12(4-10)8-17/h9-12H,3-8H2,1-2H3,(H,19,20,21). The van der Waals surface area contributed by atoms with E-state index in [-0.39, 0.29) is 0 Å². The summed E-state index contributed by atoms with van der Waals surface area (Å²) in [6.45, 7) is 4.43. The van der Waals surface area contributed by atoms with E-state index in [1.54, 1.807) is 0 Å². The topological polar surface area (TPSA) is 28.7 Å².